The van der Waals surface area contributed by atoms with Crippen LogP contribution < -0.4 is 14.4 Å². The number of methoxy groups -OCH3 is 1. The van der Waals surface area contributed by atoms with E-state index in [2.05, 4.69) is 26.9 Å². The molecule has 6 nitrogen and oxygen atoms in total. The summed E-state index contributed by atoms with van der Waals surface area (Å²) in [6.45, 7) is 4.57. The molecule has 1 fully saturated rings. The number of nitrogens with zero attached hydrogens (tertiary/aromatic N) is 4. The summed E-state index contributed by atoms with van der Waals surface area (Å²) in [6.07, 6.45) is 4.93. The second kappa shape index (κ2) is 8.49. The Morgan fingerprint density at radius 1 is 1.21 bits per heavy atom. The number of fused-ring (bicyclic) bond motifs is 1. The highest BCUT2D eigenvalue weighted by molar-refractivity contribution is 5.47. The molecule has 0 saturated carbocycles. The zero-order valence-electron chi connectivity index (χ0n) is 16.3. The maximum atomic E-state index is 9.12. The predicted octanol–water partition coefficient (Wildman–Crippen LogP) is 3.22. The lowest BCUT2D eigenvalue weighted by molar-refractivity contribution is 0.134. The standard InChI is InChI=1S/C22H26N4O2/c1-27-20-5-2-4-18-16-26(10-3-13-28-22(18)20)19-7-11-25(12-8-19)21-14-17(15-23)6-9-24-21/h2,4-6,9,14,19H,3,7-8,10-13,16H2,1H3. The maximum Gasteiger partial charge on any atom is 0.165 e. The normalized spacial score (nSPS) is 18.4. The van der Waals surface area contributed by atoms with Gasteiger partial charge in [0.2, 0.25) is 0 Å². The molecule has 0 atom stereocenters. The summed E-state index contributed by atoms with van der Waals surface area (Å²) < 4.78 is 11.5. The summed E-state index contributed by atoms with van der Waals surface area (Å²) in [6, 6.07) is 12.5. The molecule has 2 aromatic rings. The molecule has 1 saturated heterocycles. The van der Waals surface area contributed by atoms with Crippen molar-refractivity contribution in [3.63, 3.8) is 0 Å². The Morgan fingerprint density at radius 3 is 2.86 bits per heavy atom. The first kappa shape index (κ1) is 18.6. The van der Waals surface area contributed by atoms with E-state index in [9.17, 15) is 0 Å². The van der Waals surface area contributed by atoms with Crippen molar-refractivity contribution in [2.75, 3.05) is 38.3 Å². The smallest absolute Gasteiger partial charge is 0.165 e. The summed E-state index contributed by atoms with van der Waals surface area (Å²) in [4.78, 5) is 9.34. The molecule has 0 radical (unpaired) electrons. The number of pyridine rings is 1. The van der Waals surface area contributed by atoms with Crippen LogP contribution >= 0.6 is 0 Å². The fraction of sp³-hybridized carbons (Fsp3) is 0.455. The topological polar surface area (TPSA) is 61.6 Å². The van der Waals surface area contributed by atoms with Gasteiger partial charge in [-0.3, -0.25) is 4.90 Å². The Morgan fingerprint density at radius 2 is 2.07 bits per heavy atom. The van der Waals surface area contributed by atoms with Gasteiger partial charge in [0.1, 0.15) is 5.82 Å². The van der Waals surface area contributed by atoms with Gasteiger partial charge in [-0.05, 0) is 37.5 Å². The number of aromatic nitrogens is 1. The van der Waals surface area contributed by atoms with E-state index >= 15 is 0 Å². The molecule has 0 unspecified atom stereocenters. The van der Waals surface area contributed by atoms with Crippen LogP contribution in [0.15, 0.2) is 36.5 Å². The van der Waals surface area contributed by atoms with Crippen LogP contribution in [-0.4, -0.2) is 49.3 Å². The summed E-state index contributed by atoms with van der Waals surface area (Å²) >= 11 is 0. The van der Waals surface area contributed by atoms with E-state index in [-0.39, 0.29) is 0 Å². The molecule has 2 aliphatic heterocycles. The van der Waals surface area contributed by atoms with Crippen LogP contribution in [0.3, 0.4) is 0 Å². The van der Waals surface area contributed by atoms with Crippen LogP contribution in [0, 0.1) is 11.3 Å². The summed E-state index contributed by atoms with van der Waals surface area (Å²) in [7, 11) is 1.70. The quantitative estimate of drug-likeness (QED) is 0.817. The highest BCUT2D eigenvalue weighted by atomic mass is 16.5. The van der Waals surface area contributed by atoms with Crippen molar-refractivity contribution >= 4 is 5.82 Å². The molecule has 28 heavy (non-hydrogen) atoms. The highest BCUT2D eigenvalue weighted by Crippen LogP contribution is 2.34. The maximum absolute atomic E-state index is 9.12. The third-order valence-electron chi connectivity index (χ3n) is 5.67. The third-order valence-corrected chi connectivity index (χ3v) is 5.67. The second-order valence-corrected chi connectivity index (χ2v) is 7.35. The molecular weight excluding hydrogens is 352 g/mol. The molecule has 146 valence electrons. The molecule has 0 amide bonds. The lowest BCUT2D eigenvalue weighted by atomic mass is 10.0. The van der Waals surface area contributed by atoms with Crippen molar-refractivity contribution in [3.05, 3.63) is 47.7 Å². The van der Waals surface area contributed by atoms with Crippen LogP contribution in [0.25, 0.3) is 0 Å². The molecule has 1 aromatic carbocycles. The largest absolute Gasteiger partial charge is 0.493 e. The van der Waals surface area contributed by atoms with E-state index in [1.54, 1.807) is 19.4 Å². The average Bonchev–Trinajstić information content (AvgIpc) is 2.74. The minimum absolute atomic E-state index is 0.549. The molecule has 1 aromatic heterocycles. The van der Waals surface area contributed by atoms with E-state index in [0.29, 0.717) is 18.2 Å². The Kier molecular flexibility index (Phi) is 5.63. The van der Waals surface area contributed by atoms with Crippen LogP contribution in [-0.2, 0) is 6.54 Å². The number of benzene rings is 1. The molecule has 6 heteroatoms. The fourth-order valence-corrected chi connectivity index (χ4v) is 4.18. The Labute approximate surface area is 166 Å². The van der Waals surface area contributed by atoms with Gasteiger partial charge in [-0.25, -0.2) is 4.98 Å². The molecule has 2 aliphatic rings. The van der Waals surface area contributed by atoms with Gasteiger partial charge in [0.05, 0.1) is 25.3 Å². The van der Waals surface area contributed by atoms with Gasteiger partial charge in [-0.1, -0.05) is 12.1 Å². The Balaban J connectivity index is 1.44. The van der Waals surface area contributed by atoms with Crippen LogP contribution in [0.4, 0.5) is 5.82 Å². The van der Waals surface area contributed by atoms with E-state index in [1.807, 2.05) is 18.2 Å². The molecule has 0 aliphatic carbocycles. The fourth-order valence-electron chi connectivity index (χ4n) is 4.18. The summed E-state index contributed by atoms with van der Waals surface area (Å²) in [5.41, 5.74) is 1.87. The Hall–Kier alpha value is -2.78. The molecule has 0 bridgehead atoms. The van der Waals surface area contributed by atoms with Crippen molar-refractivity contribution in [3.8, 4) is 17.6 Å². The number of hydrogen-bond acceptors (Lipinski definition) is 6. The van der Waals surface area contributed by atoms with Gasteiger partial charge in [-0.15, -0.1) is 0 Å². The molecule has 0 N–H and O–H groups in total. The van der Waals surface area contributed by atoms with Crippen LogP contribution in [0.2, 0.25) is 0 Å². The van der Waals surface area contributed by atoms with E-state index in [4.69, 9.17) is 14.7 Å². The second-order valence-electron chi connectivity index (χ2n) is 7.35. The number of anilines is 1. The van der Waals surface area contributed by atoms with Crippen LogP contribution in [0.1, 0.15) is 30.4 Å². The summed E-state index contributed by atoms with van der Waals surface area (Å²) in [5, 5.41) is 9.12. The molecule has 0 spiro atoms. The minimum atomic E-state index is 0.549. The van der Waals surface area contributed by atoms with E-state index < -0.39 is 0 Å². The van der Waals surface area contributed by atoms with Crippen molar-refractivity contribution in [2.24, 2.45) is 0 Å². The van der Waals surface area contributed by atoms with E-state index in [0.717, 1.165) is 62.8 Å². The van der Waals surface area contributed by atoms with Gasteiger partial charge >= 0.3 is 0 Å². The number of piperidine rings is 1. The number of hydrogen-bond donors (Lipinski definition) is 0. The Bertz CT molecular complexity index is 856. The third kappa shape index (κ3) is 3.90. The number of para-hydroxylation sites is 1. The van der Waals surface area contributed by atoms with Gasteiger partial charge in [0.15, 0.2) is 11.5 Å². The first-order chi connectivity index (χ1) is 13.8. The number of nitriles is 1. The van der Waals surface area contributed by atoms with Crippen LogP contribution in [0.5, 0.6) is 11.5 Å². The van der Waals surface area contributed by atoms with Crippen molar-refractivity contribution < 1.29 is 9.47 Å². The zero-order chi connectivity index (χ0) is 19.3. The van der Waals surface area contributed by atoms with Gasteiger partial charge < -0.3 is 14.4 Å². The number of ether oxygens (including phenoxy) is 2. The zero-order valence-corrected chi connectivity index (χ0v) is 16.3. The first-order valence-corrected chi connectivity index (χ1v) is 9.92. The number of rotatable bonds is 3. The van der Waals surface area contributed by atoms with Crippen molar-refractivity contribution in [2.45, 2.75) is 31.8 Å². The molecular formula is C22H26N4O2. The molecule has 3 heterocycles. The average molecular weight is 378 g/mol. The molecule has 4 rings (SSSR count). The van der Waals surface area contributed by atoms with Gasteiger partial charge in [-0.2, -0.15) is 5.26 Å². The van der Waals surface area contributed by atoms with Crippen molar-refractivity contribution in [1.29, 1.82) is 5.26 Å². The highest BCUT2D eigenvalue weighted by Gasteiger charge is 2.27. The SMILES string of the molecule is COc1cccc2c1OCCCN(C1CCN(c3cc(C#N)ccn3)CC1)C2. The van der Waals surface area contributed by atoms with Crippen molar-refractivity contribution in [1.82, 2.24) is 9.88 Å². The lowest BCUT2D eigenvalue weighted by Crippen LogP contribution is -2.45. The lowest BCUT2D eigenvalue weighted by Gasteiger charge is -2.40. The monoisotopic (exact) mass is 378 g/mol. The summed E-state index contributed by atoms with van der Waals surface area (Å²) in [5.74, 6) is 2.62. The van der Waals surface area contributed by atoms with Gasteiger partial charge in [0, 0.05) is 44.0 Å². The minimum Gasteiger partial charge on any atom is -0.493 e. The van der Waals surface area contributed by atoms with Gasteiger partial charge in [0.25, 0.3) is 0 Å². The predicted molar refractivity (Wildman–Crippen MR) is 108 cm³/mol. The van der Waals surface area contributed by atoms with E-state index in [1.165, 1.54) is 5.56 Å². The first-order valence-electron chi connectivity index (χ1n) is 9.92.